The number of pyridine rings is 1. The molecule has 0 saturated heterocycles. The molecule has 0 aliphatic rings. The normalized spacial score (nSPS) is 11.6. The Morgan fingerprint density at radius 2 is 0.880 bits per heavy atom. The van der Waals surface area contributed by atoms with E-state index in [1.807, 2.05) is 12.3 Å². The van der Waals surface area contributed by atoms with Gasteiger partial charge in [-0.15, -0.1) is 0 Å². The van der Waals surface area contributed by atoms with Gasteiger partial charge in [0, 0.05) is 39.1 Å². The number of hydrogen-bond acceptors (Lipinski definition) is 1. The first-order valence-corrected chi connectivity index (χ1v) is 17.0. The fraction of sp³-hybridized carbons (Fsp3) is 0. The van der Waals surface area contributed by atoms with Crippen LogP contribution in [0.1, 0.15) is 0 Å². The molecule has 3 nitrogen and oxygen atoms in total. The summed E-state index contributed by atoms with van der Waals surface area (Å²) in [4.78, 5) is 4.88. The first-order valence-electron chi connectivity index (χ1n) is 17.0. The second kappa shape index (κ2) is 11.5. The van der Waals surface area contributed by atoms with Crippen LogP contribution in [0.25, 0.3) is 88.5 Å². The van der Waals surface area contributed by atoms with Crippen molar-refractivity contribution < 1.29 is 0 Å². The molecule has 0 radical (unpaired) electrons. The summed E-state index contributed by atoms with van der Waals surface area (Å²) in [5.41, 5.74) is 13.9. The number of para-hydroxylation sites is 1. The Morgan fingerprint density at radius 1 is 0.300 bits per heavy atom. The van der Waals surface area contributed by atoms with Gasteiger partial charge in [0.25, 0.3) is 0 Å². The van der Waals surface area contributed by atoms with Crippen molar-refractivity contribution in [1.29, 1.82) is 0 Å². The highest BCUT2D eigenvalue weighted by Crippen LogP contribution is 2.38. The van der Waals surface area contributed by atoms with Gasteiger partial charge >= 0.3 is 0 Å². The molecule has 3 heteroatoms. The fourth-order valence-corrected chi connectivity index (χ4v) is 7.60. The Balaban J connectivity index is 1.12. The number of fused-ring (bicyclic) bond motifs is 6. The van der Waals surface area contributed by atoms with Crippen LogP contribution in [0.4, 0.5) is 0 Å². The molecule has 234 valence electrons. The summed E-state index contributed by atoms with van der Waals surface area (Å²) in [7, 11) is 0. The Kier molecular flexibility index (Phi) is 6.49. The summed E-state index contributed by atoms with van der Waals surface area (Å²) < 4.78 is 4.69. The van der Waals surface area contributed by atoms with E-state index >= 15 is 0 Å². The monoisotopic (exact) mass is 637 g/mol. The van der Waals surface area contributed by atoms with E-state index in [4.69, 9.17) is 4.98 Å². The van der Waals surface area contributed by atoms with Gasteiger partial charge in [-0.25, -0.2) is 4.98 Å². The first-order chi connectivity index (χ1) is 24.8. The van der Waals surface area contributed by atoms with Crippen LogP contribution < -0.4 is 0 Å². The van der Waals surface area contributed by atoms with Crippen LogP contribution in [0, 0.1) is 0 Å². The van der Waals surface area contributed by atoms with Crippen molar-refractivity contribution >= 4 is 43.7 Å². The molecule has 10 aromatic rings. The fourth-order valence-electron chi connectivity index (χ4n) is 7.60. The lowest BCUT2D eigenvalue weighted by Gasteiger charge is -2.11. The zero-order chi connectivity index (χ0) is 33.0. The second-order valence-electron chi connectivity index (χ2n) is 12.9. The summed E-state index contributed by atoms with van der Waals surface area (Å²) in [5.74, 6) is 0. The molecule has 0 spiro atoms. The number of nitrogens with zero attached hydrogens (tertiary/aromatic N) is 3. The van der Waals surface area contributed by atoms with Crippen LogP contribution in [0.2, 0.25) is 0 Å². The zero-order valence-corrected chi connectivity index (χ0v) is 27.2. The molecule has 50 heavy (non-hydrogen) atoms. The Hall–Kier alpha value is -6.71. The molecule has 0 fully saturated rings. The van der Waals surface area contributed by atoms with E-state index in [0.29, 0.717) is 0 Å². The molecular weight excluding hydrogens is 607 g/mol. The lowest BCUT2D eigenvalue weighted by atomic mass is 10.0. The van der Waals surface area contributed by atoms with Crippen LogP contribution in [0.5, 0.6) is 0 Å². The Morgan fingerprint density at radius 3 is 1.70 bits per heavy atom. The summed E-state index contributed by atoms with van der Waals surface area (Å²) in [6.45, 7) is 0. The largest absolute Gasteiger partial charge is 0.309 e. The summed E-state index contributed by atoms with van der Waals surface area (Å²) in [5, 5.41) is 4.83. The molecule has 0 amide bonds. The van der Waals surface area contributed by atoms with Gasteiger partial charge in [-0.05, 0) is 94.0 Å². The molecule has 0 aliphatic heterocycles. The van der Waals surface area contributed by atoms with Crippen molar-refractivity contribution in [3.8, 4) is 44.8 Å². The van der Waals surface area contributed by atoms with Crippen molar-refractivity contribution in [1.82, 2.24) is 14.1 Å². The quantitative estimate of drug-likeness (QED) is 0.184. The lowest BCUT2D eigenvalue weighted by molar-refractivity contribution is 1.14. The topological polar surface area (TPSA) is 22.8 Å². The maximum absolute atomic E-state index is 4.88. The van der Waals surface area contributed by atoms with Crippen LogP contribution in [-0.2, 0) is 0 Å². The highest BCUT2D eigenvalue weighted by atomic mass is 15.0. The van der Waals surface area contributed by atoms with Crippen molar-refractivity contribution in [2.24, 2.45) is 0 Å². The predicted molar refractivity (Wildman–Crippen MR) is 209 cm³/mol. The summed E-state index contributed by atoms with van der Waals surface area (Å²) >= 11 is 0. The third kappa shape index (κ3) is 4.56. The maximum Gasteiger partial charge on any atom is 0.145 e. The molecule has 3 aromatic heterocycles. The van der Waals surface area contributed by atoms with Gasteiger partial charge in [-0.2, -0.15) is 0 Å². The van der Waals surface area contributed by atoms with Gasteiger partial charge in [0.05, 0.1) is 16.6 Å². The summed E-state index contributed by atoms with van der Waals surface area (Å²) in [6, 6.07) is 65.5. The van der Waals surface area contributed by atoms with Crippen LogP contribution in [-0.4, -0.2) is 14.1 Å². The highest BCUT2D eigenvalue weighted by molar-refractivity contribution is 6.12. The Bertz CT molecular complexity index is 2840. The molecule has 0 aliphatic carbocycles. The minimum atomic E-state index is 0.959. The van der Waals surface area contributed by atoms with Crippen LogP contribution in [0.15, 0.2) is 188 Å². The van der Waals surface area contributed by atoms with E-state index in [-0.39, 0.29) is 0 Å². The van der Waals surface area contributed by atoms with Gasteiger partial charge in [-0.3, -0.25) is 4.57 Å². The molecule has 3 heterocycles. The molecular formula is C47H31N3. The first kappa shape index (κ1) is 28.3. The number of benzene rings is 7. The second-order valence-corrected chi connectivity index (χ2v) is 12.9. The van der Waals surface area contributed by atoms with Crippen molar-refractivity contribution in [2.45, 2.75) is 0 Å². The molecule has 7 aromatic carbocycles. The molecule has 10 rings (SSSR count). The SMILES string of the molecule is c1ccc(-c2ccc(-n3c4ccc(-c5ccc6c7ccccc7n(-c7cccc(-c8ccccc8)c7)c6c5)cc4c4cccnc43)cc2)cc1. The van der Waals surface area contributed by atoms with Crippen molar-refractivity contribution in [3.63, 3.8) is 0 Å². The summed E-state index contributed by atoms with van der Waals surface area (Å²) in [6.07, 6.45) is 1.89. The molecule has 0 N–H and O–H groups in total. The van der Waals surface area contributed by atoms with Crippen LogP contribution in [0.3, 0.4) is 0 Å². The smallest absolute Gasteiger partial charge is 0.145 e. The average Bonchev–Trinajstić information content (AvgIpc) is 3.71. The number of rotatable bonds is 5. The molecule has 0 unspecified atom stereocenters. The van der Waals surface area contributed by atoms with E-state index in [9.17, 15) is 0 Å². The lowest BCUT2D eigenvalue weighted by Crippen LogP contribution is -1.95. The van der Waals surface area contributed by atoms with E-state index in [1.54, 1.807) is 0 Å². The average molecular weight is 638 g/mol. The van der Waals surface area contributed by atoms with E-state index in [1.165, 1.54) is 60.6 Å². The molecule has 0 saturated carbocycles. The third-order valence-electron chi connectivity index (χ3n) is 9.98. The van der Waals surface area contributed by atoms with Gasteiger partial charge in [0.2, 0.25) is 0 Å². The Labute approximate surface area is 290 Å². The van der Waals surface area contributed by atoms with Crippen molar-refractivity contribution in [2.75, 3.05) is 0 Å². The number of hydrogen-bond donors (Lipinski definition) is 0. The van der Waals surface area contributed by atoms with Gasteiger partial charge < -0.3 is 4.57 Å². The standard InChI is InChI=1S/C47H31N3/c1-3-11-32(12-4-1)34-20-24-38(25-21-34)50-45-27-23-36(30-43(45)42-18-10-28-48-47(42)50)37-22-26-41-40-17-7-8-19-44(40)49(46(41)31-37)39-16-9-15-35(29-39)33-13-5-2-6-14-33/h1-31H. The molecule has 0 bridgehead atoms. The van der Waals surface area contributed by atoms with Gasteiger partial charge in [-0.1, -0.05) is 121 Å². The van der Waals surface area contributed by atoms with E-state index < -0.39 is 0 Å². The predicted octanol–water partition coefficient (Wildman–Crippen LogP) is 12.3. The molecule has 0 atom stereocenters. The number of aromatic nitrogens is 3. The minimum absolute atomic E-state index is 0.959. The van der Waals surface area contributed by atoms with Crippen molar-refractivity contribution in [3.05, 3.63) is 188 Å². The van der Waals surface area contributed by atoms with E-state index in [2.05, 4.69) is 185 Å². The van der Waals surface area contributed by atoms with Gasteiger partial charge in [0.1, 0.15) is 5.65 Å². The maximum atomic E-state index is 4.88. The zero-order valence-electron chi connectivity index (χ0n) is 27.2. The minimum Gasteiger partial charge on any atom is -0.309 e. The third-order valence-corrected chi connectivity index (χ3v) is 9.98. The van der Waals surface area contributed by atoms with E-state index in [0.717, 1.165) is 27.9 Å². The highest BCUT2D eigenvalue weighted by Gasteiger charge is 2.17. The van der Waals surface area contributed by atoms with Crippen LogP contribution >= 0.6 is 0 Å². The van der Waals surface area contributed by atoms with Gasteiger partial charge in [0.15, 0.2) is 0 Å².